The van der Waals surface area contributed by atoms with Gasteiger partial charge in [-0.2, -0.15) is 0 Å². The topological polar surface area (TPSA) is 21.7 Å². The Morgan fingerprint density at radius 3 is 2.16 bits per heavy atom. The molecule has 0 spiro atoms. The smallest absolute Gasteiger partial charge is 0.400 e. The summed E-state index contributed by atoms with van der Waals surface area (Å²) in [6.45, 7) is 8.26. The average molecular weight is 279 g/mol. The molecule has 1 fully saturated rings. The summed E-state index contributed by atoms with van der Waals surface area (Å²) in [6.07, 6.45) is 2.07. The lowest BCUT2D eigenvalue weighted by atomic mass is 9.90. The van der Waals surface area contributed by atoms with Crippen molar-refractivity contribution in [2.75, 3.05) is 19.0 Å². The van der Waals surface area contributed by atoms with Crippen LogP contribution in [0.4, 0.5) is 5.00 Å². The first-order valence-corrected chi connectivity index (χ1v) is 7.34. The van der Waals surface area contributed by atoms with Gasteiger partial charge < -0.3 is 14.2 Å². The Morgan fingerprint density at radius 2 is 1.68 bits per heavy atom. The number of nitrogens with zero attached hydrogens (tertiary/aromatic N) is 1. The third-order valence-electron chi connectivity index (χ3n) is 3.74. The Hall–Kier alpha value is -0.775. The molecule has 1 aliphatic rings. The van der Waals surface area contributed by atoms with Crippen LogP contribution in [0, 0.1) is 0 Å². The fourth-order valence-electron chi connectivity index (χ4n) is 1.81. The quantitative estimate of drug-likeness (QED) is 0.791. The molecular formula is C14H22BNO2S. The van der Waals surface area contributed by atoms with Gasteiger partial charge in [0.15, 0.2) is 0 Å². The lowest BCUT2D eigenvalue weighted by Crippen LogP contribution is -2.41. The van der Waals surface area contributed by atoms with E-state index in [1.165, 1.54) is 9.88 Å². The van der Waals surface area contributed by atoms with Gasteiger partial charge in [0.1, 0.15) is 0 Å². The monoisotopic (exact) mass is 279 g/mol. The molecule has 19 heavy (non-hydrogen) atoms. The van der Waals surface area contributed by atoms with Crippen LogP contribution in [0.3, 0.4) is 0 Å². The second kappa shape index (κ2) is 4.96. The molecule has 5 heteroatoms. The third-order valence-corrected chi connectivity index (χ3v) is 4.96. The fraction of sp³-hybridized carbons (Fsp3) is 0.571. The summed E-state index contributed by atoms with van der Waals surface area (Å²) in [4.78, 5) is 3.31. The zero-order valence-corrected chi connectivity index (χ0v) is 13.4. The Morgan fingerprint density at radius 1 is 1.11 bits per heavy atom. The highest BCUT2D eigenvalue weighted by Crippen LogP contribution is 2.37. The summed E-state index contributed by atoms with van der Waals surface area (Å²) in [5.41, 5.74) is -0.543. The number of thiophene rings is 1. The molecule has 0 unspecified atom stereocenters. The van der Waals surface area contributed by atoms with Crippen molar-refractivity contribution in [2.24, 2.45) is 0 Å². The van der Waals surface area contributed by atoms with Gasteiger partial charge in [-0.25, -0.2) is 0 Å². The summed E-state index contributed by atoms with van der Waals surface area (Å²) >= 11 is 1.75. The van der Waals surface area contributed by atoms with Crippen LogP contribution in [0.15, 0.2) is 18.1 Å². The van der Waals surface area contributed by atoms with Crippen molar-refractivity contribution in [3.8, 4) is 0 Å². The van der Waals surface area contributed by atoms with E-state index in [1.807, 2.05) is 20.1 Å². The lowest BCUT2D eigenvalue weighted by Gasteiger charge is -2.32. The van der Waals surface area contributed by atoms with Crippen molar-refractivity contribution < 1.29 is 9.31 Å². The summed E-state index contributed by atoms with van der Waals surface area (Å²) in [5.74, 6) is 1.99. The minimum Gasteiger partial charge on any atom is -0.400 e. The lowest BCUT2D eigenvalue weighted by molar-refractivity contribution is 0.00578. The van der Waals surface area contributed by atoms with E-state index in [0.717, 1.165) is 0 Å². The van der Waals surface area contributed by atoms with E-state index in [1.54, 1.807) is 11.3 Å². The van der Waals surface area contributed by atoms with Gasteiger partial charge >= 0.3 is 7.12 Å². The molecule has 0 aromatic carbocycles. The van der Waals surface area contributed by atoms with Crippen molar-refractivity contribution in [3.63, 3.8) is 0 Å². The molecule has 3 nitrogen and oxygen atoms in total. The highest BCUT2D eigenvalue weighted by atomic mass is 32.1. The van der Waals surface area contributed by atoms with E-state index in [0.29, 0.717) is 0 Å². The van der Waals surface area contributed by atoms with E-state index in [4.69, 9.17) is 9.31 Å². The summed E-state index contributed by atoms with van der Waals surface area (Å²) in [5, 5.41) is 1.24. The Balaban J connectivity index is 2.04. The fourth-order valence-corrected chi connectivity index (χ4v) is 2.66. The number of rotatable bonds is 3. The summed E-state index contributed by atoms with van der Waals surface area (Å²) < 4.78 is 11.9. The molecule has 1 saturated heterocycles. The summed E-state index contributed by atoms with van der Waals surface area (Å²) in [6, 6.07) is 4.23. The van der Waals surface area contributed by atoms with Gasteiger partial charge in [0, 0.05) is 19.0 Å². The highest BCUT2D eigenvalue weighted by molar-refractivity contribution is 7.16. The van der Waals surface area contributed by atoms with Crippen LogP contribution in [0.1, 0.15) is 32.6 Å². The predicted molar refractivity (Wildman–Crippen MR) is 83.8 cm³/mol. The van der Waals surface area contributed by atoms with Crippen LogP contribution in [-0.2, 0) is 9.31 Å². The van der Waals surface area contributed by atoms with Crippen LogP contribution in [0.2, 0.25) is 0 Å². The molecule has 0 amide bonds. The van der Waals surface area contributed by atoms with Gasteiger partial charge in [-0.05, 0) is 39.8 Å². The second-order valence-electron chi connectivity index (χ2n) is 6.05. The van der Waals surface area contributed by atoms with E-state index < -0.39 is 0 Å². The van der Waals surface area contributed by atoms with Crippen LogP contribution in [-0.4, -0.2) is 32.4 Å². The van der Waals surface area contributed by atoms with Crippen LogP contribution >= 0.6 is 11.3 Å². The first-order chi connectivity index (χ1) is 8.71. The van der Waals surface area contributed by atoms with E-state index in [-0.39, 0.29) is 18.3 Å². The SMILES string of the molecule is CN(C)c1ccc(/C=C/B2OC(C)(C)C(C)(C)O2)s1. The molecule has 0 saturated carbocycles. The molecule has 1 aliphatic heterocycles. The number of hydrogen-bond acceptors (Lipinski definition) is 4. The van der Waals surface area contributed by atoms with Crippen molar-refractivity contribution in [1.82, 2.24) is 0 Å². The van der Waals surface area contributed by atoms with Gasteiger partial charge in [-0.15, -0.1) is 11.3 Å². The maximum absolute atomic E-state index is 5.93. The zero-order chi connectivity index (χ0) is 14.3. The first kappa shape index (κ1) is 14.6. The van der Waals surface area contributed by atoms with E-state index in [2.05, 4.69) is 50.8 Å². The molecule has 1 aromatic heterocycles. The van der Waals surface area contributed by atoms with Crippen molar-refractivity contribution >= 4 is 29.5 Å². The van der Waals surface area contributed by atoms with Crippen molar-refractivity contribution in [1.29, 1.82) is 0 Å². The van der Waals surface area contributed by atoms with Gasteiger partial charge in [-0.3, -0.25) is 0 Å². The molecule has 104 valence electrons. The van der Waals surface area contributed by atoms with E-state index in [9.17, 15) is 0 Å². The second-order valence-corrected chi connectivity index (χ2v) is 7.15. The van der Waals surface area contributed by atoms with Gasteiger partial charge in [-0.1, -0.05) is 12.1 Å². The molecule has 1 aromatic rings. The largest absolute Gasteiger partial charge is 0.487 e. The molecule has 2 rings (SSSR count). The molecule has 0 radical (unpaired) electrons. The third kappa shape index (κ3) is 3.04. The van der Waals surface area contributed by atoms with E-state index >= 15 is 0 Å². The van der Waals surface area contributed by atoms with Gasteiger partial charge in [0.2, 0.25) is 0 Å². The average Bonchev–Trinajstić information content (AvgIpc) is 2.79. The minimum atomic E-state index is -0.272. The minimum absolute atomic E-state index is 0.269. The molecule has 0 aliphatic carbocycles. The molecule has 0 atom stereocenters. The molecule has 0 N–H and O–H groups in total. The summed E-state index contributed by atoms with van der Waals surface area (Å²) in [7, 11) is 3.83. The predicted octanol–water partition coefficient (Wildman–Crippen LogP) is 3.46. The maximum atomic E-state index is 5.93. The number of hydrogen-bond donors (Lipinski definition) is 0. The Labute approximate surface area is 120 Å². The van der Waals surface area contributed by atoms with Crippen LogP contribution in [0.25, 0.3) is 6.08 Å². The maximum Gasteiger partial charge on any atom is 0.487 e. The standard InChI is InChI=1S/C14H22BNO2S/c1-13(2)14(3,4)18-15(17-13)10-9-11-7-8-12(19-11)16(5)6/h7-10H,1-6H3/b10-9+. The number of anilines is 1. The highest BCUT2D eigenvalue weighted by Gasteiger charge is 2.49. The Bertz CT molecular complexity index is 464. The van der Waals surface area contributed by atoms with Crippen molar-refractivity contribution in [3.05, 3.63) is 23.0 Å². The molecule has 0 bridgehead atoms. The zero-order valence-electron chi connectivity index (χ0n) is 12.6. The van der Waals surface area contributed by atoms with Crippen LogP contribution < -0.4 is 4.90 Å². The van der Waals surface area contributed by atoms with Gasteiger partial charge in [0.25, 0.3) is 0 Å². The molecular weight excluding hydrogens is 257 g/mol. The normalized spacial score (nSPS) is 21.3. The van der Waals surface area contributed by atoms with Crippen LogP contribution in [0.5, 0.6) is 0 Å². The Kier molecular flexibility index (Phi) is 3.82. The van der Waals surface area contributed by atoms with Gasteiger partial charge in [0.05, 0.1) is 16.2 Å². The molecule has 2 heterocycles. The van der Waals surface area contributed by atoms with Crippen molar-refractivity contribution in [2.45, 2.75) is 38.9 Å². The first-order valence-electron chi connectivity index (χ1n) is 6.52.